The smallest absolute Gasteiger partial charge is 0.0246 e. The second-order valence-corrected chi connectivity index (χ2v) is 6.78. The van der Waals surface area contributed by atoms with Crippen LogP contribution in [0.3, 0.4) is 0 Å². The molecular formula is C12H27NOS. The van der Waals surface area contributed by atoms with Gasteiger partial charge in [-0.1, -0.05) is 19.8 Å². The van der Waals surface area contributed by atoms with Crippen molar-refractivity contribution in [2.45, 2.75) is 58.9 Å². The number of nitrogens with one attached hydrogen (secondary N) is 1. The van der Waals surface area contributed by atoms with E-state index in [0.717, 1.165) is 30.9 Å². The van der Waals surface area contributed by atoms with Gasteiger partial charge in [-0.25, -0.2) is 0 Å². The van der Waals surface area contributed by atoms with Gasteiger partial charge in [-0.15, -0.1) is 0 Å². The highest BCUT2D eigenvalue weighted by Gasteiger charge is 2.07. The van der Waals surface area contributed by atoms with Gasteiger partial charge in [0.15, 0.2) is 0 Å². The van der Waals surface area contributed by atoms with Gasteiger partial charge in [-0.2, -0.15) is 0 Å². The molecule has 0 aromatic heterocycles. The summed E-state index contributed by atoms with van der Waals surface area (Å²) < 4.78 is 11.5. The first kappa shape index (κ1) is 15.1. The van der Waals surface area contributed by atoms with Crippen LogP contribution in [-0.2, 0) is 10.8 Å². The summed E-state index contributed by atoms with van der Waals surface area (Å²) in [6.07, 6.45) is 4.57. The Morgan fingerprint density at radius 3 is 2.20 bits per heavy atom. The normalized spacial score (nSPS) is 14.1. The van der Waals surface area contributed by atoms with Gasteiger partial charge in [-0.05, 0) is 40.2 Å². The second-order valence-electron chi connectivity index (χ2n) is 5.09. The van der Waals surface area contributed by atoms with E-state index < -0.39 is 10.8 Å². The fraction of sp³-hybridized carbons (Fsp3) is 1.00. The molecule has 0 rings (SSSR count). The largest absolute Gasteiger partial charge is 0.312 e. The lowest BCUT2D eigenvalue weighted by Gasteiger charge is -2.20. The summed E-state index contributed by atoms with van der Waals surface area (Å²) in [5.41, 5.74) is 0.184. The molecule has 2 nitrogen and oxygen atoms in total. The summed E-state index contributed by atoms with van der Waals surface area (Å²) in [7, 11) is -0.590. The van der Waals surface area contributed by atoms with E-state index in [9.17, 15) is 4.21 Å². The van der Waals surface area contributed by atoms with Crippen molar-refractivity contribution in [1.82, 2.24) is 5.32 Å². The predicted octanol–water partition coefficient (Wildman–Crippen LogP) is 2.70. The third-order valence-electron chi connectivity index (χ3n) is 2.18. The monoisotopic (exact) mass is 233 g/mol. The zero-order valence-electron chi connectivity index (χ0n) is 10.8. The first-order chi connectivity index (χ1) is 6.95. The van der Waals surface area contributed by atoms with Crippen LogP contribution in [0, 0.1) is 0 Å². The minimum atomic E-state index is -0.590. The number of hydrogen-bond donors (Lipinski definition) is 1. The van der Waals surface area contributed by atoms with Crippen molar-refractivity contribution in [3.05, 3.63) is 0 Å². The minimum Gasteiger partial charge on any atom is -0.312 e. The van der Waals surface area contributed by atoms with E-state index in [2.05, 4.69) is 33.0 Å². The van der Waals surface area contributed by atoms with Gasteiger partial charge in [0, 0.05) is 27.8 Å². The molecule has 0 bridgehead atoms. The molecule has 0 spiro atoms. The van der Waals surface area contributed by atoms with Gasteiger partial charge in [0.25, 0.3) is 0 Å². The van der Waals surface area contributed by atoms with Crippen molar-refractivity contribution in [2.75, 3.05) is 18.1 Å². The Hall–Kier alpha value is 0.110. The van der Waals surface area contributed by atoms with E-state index in [1.54, 1.807) is 0 Å². The lowest BCUT2D eigenvalue weighted by Crippen LogP contribution is -2.36. The van der Waals surface area contributed by atoms with E-state index >= 15 is 0 Å². The van der Waals surface area contributed by atoms with E-state index in [4.69, 9.17) is 0 Å². The molecule has 0 radical (unpaired) electrons. The highest BCUT2D eigenvalue weighted by molar-refractivity contribution is 7.84. The fourth-order valence-electron chi connectivity index (χ4n) is 1.31. The fourth-order valence-corrected chi connectivity index (χ4v) is 2.51. The molecule has 92 valence electrons. The van der Waals surface area contributed by atoms with Crippen LogP contribution in [0.2, 0.25) is 0 Å². The van der Waals surface area contributed by atoms with Crippen LogP contribution in [-0.4, -0.2) is 27.8 Å². The van der Waals surface area contributed by atoms with Gasteiger partial charge in [-0.3, -0.25) is 4.21 Å². The van der Waals surface area contributed by atoms with Gasteiger partial charge < -0.3 is 5.32 Å². The van der Waals surface area contributed by atoms with E-state index in [-0.39, 0.29) is 5.54 Å². The zero-order chi connectivity index (χ0) is 11.7. The van der Waals surface area contributed by atoms with Crippen LogP contribution in [0.1, 0.15) is 53.4 Å². The highest BCUT2D eigenvalue weighted by Crippen LogP contribution is 2.00. The Morgan fingerprint density at radius 1 is 1.07 bits per heavy atom. The topological polar surface area (TPSA) is 29.1 Å². The van der Waals surface area contributed by atoms with Gasteiger partial charge in [0.05, 0.1) is 0 Å². The van der Waals surface area contributed by atoms with Crippen molar-refractivity contribution in [3.63, 3.8) is 0 Å². The average molecular weight is 233 g/mol. The van der Waals surface area contributed by atoms with Crippen molar-refractivity contribution in [2.24, 2.45) is 0 Å². The highest BCUT2D eigenvalue weighted by atomic mass is 32.2. The molecule has 0 amide bonds. The van der Waals surface area contributed by atoms with Crippen LogP contribution in [0.25, 0.3) is 0 Å². The molecule has 0 aliphatic rings. The maximum Gasteiger partial charge on any atom is 0.0246 e. The zero-order valence-corrected chi connectivity index (χ0v) is 11.6. The molecule has 0 saturated heterocycles. The van der Waals surface area contributed by atoms with Gasteiger partial charge in [0.2, 0.25) is 0 Å². The SMILES string of the molecule is CCCCCS(=O)CCCNC(C)(C)C. The molecule has 0 aliphatic heterocycles. The van der Waals surface area contributed by atoms with Crippen LogP contribution >= 0.6 is 0 Å². The standard InChI is InChI=1S/C12H27NOS/c1-5-6-7-10-15(14)11-8-9-13-12(2,3)4/h13H,5-11H2,1-4H3. The molecule has 0 aromatic rings. The van der Waals surface area contributed by atoms with Gasteiger partial charge in [0.1, 0.15) is 0 Å². The molecule has 0 aliphatic carbocycles. The Balaban J connectivity index is 3.32. The molecule has 3 heteroatoms. The Bertz CT molecular complexity index is 175. The third-order valence-corrected chi connectivity index (χ3v) is 3.67. The molecular weight excluding hydrogens is 206 g/mol. The lowest BCUT2D eigenvalue weighted by molar-refractivity contribution is 0.427. The molecule has 0 aromatic carbocycles. The third kappa shape index (κ3) is 12.0. The van der Waals surface area contributed by atoms with E-state index in [0.29, 0.717) is 0 Å². The summed E-state index contributed by atoms with van der Waals surface area (Å²) in [5.74, 6) is 1.75. The molecule has 0 fully saturated rings. The van der Waals surface area contributed by atoms with Crippen molar-refractivity contribution >= 4 is 10.8 Å². The van der Waals surface area contributed by atoms with Crippen molar-refractivity contribution < 1.29 is 4.21 Å². The minimum absolute atomic E-state index is 0.184. The summed E-state index contributed by atoms with van der Waals surface area (Å²) in [4.78, 5) is 0. The van der Waals surface area contributed by atoms with Crippen LogP contribution < -0.4 is 5.32 Å². The first-order valence-corrected chi connectivity index (χ1v) is 7.54. The van der Waals surface area contributed by atoms with Crippen molar-refractivity contribution in [1.29, 1.82) is 0 Å². The maximum atomic E-state index is 11.5. The Morgan fingerprint density at radius 2 is 1.67 bits per heavy atom. The Kier molecular flexibility index (Phi) is 8.34. The predicted molar refractivity (Wildman–Crippen MR) is 69.8 cm³/mol. The molecule has 0 heterocycles. The van der Waals surface area contributed by atoms with Crippen LogP contribution in [0.5, 0.6) is 0 Å². The lowest BCUT2D eigenvalue weighted by atomic mass is 10.1. The molecule has 0 saturated carbocycles. The quantitative estimate of drug-likeness (QED) is 0.653. The summed E-state index contributed by atoms with van der Waals surface area (Å²) in [5, 5.41) is 3.41. The summed E-state index contributed by atoms with van der Waals surface area (Å²) in [6.45, 7) is 9.63. The van der Waals surface area contributed by atoms with Crippen LogP contribution in [0.15, 0.2) is 0 Å². The van der Waals surface area contributed by atoms with E-state index in [1.807, 2.05) is 0 Å². The Labute approximate surface area is 97.7 Å². The van der Waals surface area contributed by atoms with Gasteiger partial charge >= 0.3 is 0 Å². The average Bonchev–Trinajstić information content (AvgIpc) is 2.11. The number of rotatable bonds is 8. The number of unbranched alkanes of at least 4 members (excludes halogenated alkanes) is 2. The maximum absolute atomic E-state index is 11.5. The summed E-state index contributed by atoms with van der Waals surface area (Å²) >= 11 is 0. The molecule has 1 N–H and O–H groups in total. The molecule has 1 unspecified atom stereocenters. The molecule has 15 heavy (non-hydrogen) atoms. The second kappa shape index (κ2) is 8.28. The molecule has 1 atom stereocenters. The van der Waals surface area contributed by atoms with E-state index in [1.165, 1.54) is 12.8 Å². The summed E-state index contributed by atoms with van der Waals surface area (Å²) in [6, 6.07) is 0. The first-order valence-electron chi connectivity index (χ1n) is 6.05. The van der Waals surface area contributed by atoms with Crippen molar-refractivity contribution in [3.8, 4) is 0 Å². The van der Waals surface area contributed by atoms with Crippen LogP contribution in [0.4, 0.5) is 0 Å². The number of hydrogen-bond acceptors (Lipinski definition) is 2.